The summed E-state index contributed by atoms with van der Waals surface area (Å²) < 4.78 is 26.0. The van der Waals surface area contributed by atoms with Crippen molar-refractivity contribution < 1.29 is 13.6 Å². The summed E-state index contributed by atoms with van der Waals surface area (Å²) in [4.78, 5) is 14.1. The van der Waals surface area contributed by atoms with Gasteiger partial charge in [-0.1, -0.05) is 0 Å². The lowest BCUT2D eigenvalue weighted by Gasteiger charge is -2.05. The lowest BCUT2D eigenvalue weighted by atomic mass is 10.5. The van der Waals surface area contributed by atoms with Crippen LogP contribution >= 0.6 is 15.9 Å². The smallest absolute Gasteiger partial charge is 0.274 e. The molecule has 1 rings (SSSR count). The molecule has 0 aliphatic rings. The van der Waals surface area contributed by atoms with Crippen molar-refractivity contribution in [3.8, 4) is 0 Å². The Morgan fingerprint density at radius 3 is 2.71 bits per heavy atom. The van der Waals surface area contributed by atoms with Crippen molar-refractivity contribution in [2.75, 3.05) is 0 Å². The fourth-order valence-electron chi connectivity index (χ4n) is 0.895. The molecule has 0 fully saturated rings. The van der Waals surface area contributed by atoms with Gasteiger partial charge in [-0.2, -0.15) is 13.8 Å². The fourth-order valence-corrected chi connectivity index (χ4v) is 1.25. The first-order valence-electron chi connectivity index (χ1n) is 3.72. The van der Waals surface area contributed by atoms with Gasteiger partial charge < -0.3 is 0 Å². The van der Waals surface area contributed by atoms with Crippen LogP contribution in [0.3, 0.4) is 0 Å². The molecule has 0 aliphatic heterocycles. The quantitative estimate of drug-likeness (QED) is 0.765. The number of rotatable bonds is 1. The minimum absolute atomic E-state index is 0.0595. The maximum Gasteiger partial charge on any atom is 0.320 e. The first kappa shape index (κ1) is 11.0. The molecule has 0 atom stereocenters. The maximum atomic E-state index is 12.4. The molecule has 0 aliphatic carbocycles. The Morgan fingerprint density at radius 2 is 2.21 bits per heavy atom. The molecular weight excluding hydrogens is 258 g/mol. The number of alkyl halides is 2. The van der Waals surface area contributed by atoms with Crippen molar-refractivity contribution in [1.29, 1.82) is 0 Å². The zero-order valence-electron chi connectivity index (χ0n) is 7.25. The zero-order chi connectivity index (χ0) is 10.7. The Morgan fingerprint density at radius 1 is 1.57 bits per heavy atom. The number of nitrogens with zero attached hydrogens (tertiary/aromatic N) is 2. The van der Waals surface area contributed by atoms with E-state index in [9.17, 15) is 13.6 Å². The highest BCUT2D eigenvalue weighted by molar-refractivity contribution is 9.10. The van der Waals surface area contributed by atoms with E-state index in [1.165, 1.54) is 19.2 Å². The van der Waals surface area contributed by atoms with Crippen molar-refractivity contribution in [3.05, 3.63) is 28.3 Å². The normalized spacial score (nSPS) is 12.2. The molecule has 1 heterocycles. The second-order valence-electron chi connectivity index (χ2n) is 2.52. The Hall–Kier alpha value is -1.04. The molecule has 0 unspecified atom stereocenters. The molecule has 0 saturated carbocycles. The van der Waals surface area contributed by atoms with Crippen LogP contribution in [0.1, 0.15) is 13.5 Å². The molecule has 1 aromatic rings. The molecule has 76 valence electrons. The minimum atomic E-state index is -2.72. The van der Waals surface area contributed by atoms with Crippen LogP contribution in [0.5, 0.6) is 0 Å². The monoisotopic (exact) mass is 264 g/mol. The number of halogens is 3. The number of carbonyl (C=O) groups is 1. The van der Waals surface area contributed by atoms with E-state index in [4.69, 9.17) is 0 Å². The second-order valence-corrected chi connectivity index (χ2v) is 3.44. The first-order chi connectivity index (χ1) is 6.50. The summed E-state index contributed by atoms with van der Waals surface area (Å²) >= 11 is 3.05. The van der Waals surface area contributed by atoms with Gasteiger partial charge in [0, 0.05) is 17.6 Å². The zero-order valence-corrected chi connectivity index (χ0v) is 8.83. The van der Waals surface area contributed by atoms with Gasteiger partial charge >= 0.3 is 6.55 Å². The van der Waals surface area contributed by atoms with Gasteiger partial charge in [-0.15, -0.1) is 0 Å². The van der Waals surface area contributed by atoms with Gasteiger partial charge in [0.1, 0.15) is 5.49 Å². The summed E-state index contributed by atoms with van der Waals surface area (Å²) in [7, 11) is 0. The minimum Gasteiger partial charge on any atom is -0.274 e. The van der Waals surface area contributed by atoms with Gasteiger partial charge in [-0.3, -0.25) is 9.36 Å². The summed E-state index contributed by atoms with van der Waals surface area (Å²) in [5, 5.41) is 0. The number of aromatic nitrogens is 1. The van der Waals surface area contributed by atoms with Gasteiger partial charge in [0.2, 0.25) is 5.91 Å². The largest absolute Gasteiger partial charge is 0.320 e. The van der Waals surface area contributed by atoms with Crippen LogP contribution < -0.4 is 5.49 Å². The van der Waals surface area contributed by atoms with Gasteiger partial charge in [0.15, 0.2) is 0 Å². The molecule has 0 bridgehead atoms. The summed E-state index contributed by atoms with van der Waals surface area (Å²) in [6, 6.07) is 2.89. The lowest BCUT2D eigenvalue weighted by molar-refractivity contribution is -0.116. The molecule has 0 saturated heterocycles. The van der Waals surface area contributed by atoms with E-state index < -0.39 is 12.5 Å². The second kappa shape index (κ2) is 4.45. The Bertz CT molecular complexity index is 414. The Labute approximate surface area is 87.2 Å². The molecular formula is C8H7BrF2N2O. The molecule has 0 spiro atoms. The van der Waals surface area contributed by atoms with Gasteiger partial charge in [-0.05, 0) is 28.1 Å². The highest BCUT2D eigenvalue weighted by Crippen LogP contribution is 2.11. The number of amides is 1. The standard InChI is InChI=1S/C8H7BrF2N2O/c1-5(14)12-7-3-2-6(9)4-13(7)8(10)11/h2-4,8H,1H3. The van der Waals surface area contributed by atoms with Crippen LogP contribution in [0.4, 0.5) is 8.78 Å². The average molecular weight is 265 g/mol. The Balaban J connectivity index is 3.36. The third-order valence-electron chi connectivity index (χ3n) is 1.40. The number of hydrogen-bond donors (Lipinski definition) is 0. The molecule has 1 amide bonds. The van der Waals surface area contributed by atoms with Crippen molar-refractivity contribution in [3.63, 3.8) is 0 Å². The molecule has 0 N–H and O–H groups in total. The SMILES string of the molecule is CC(=O)N=c1ccc(Br)cn1C(F)F. The van der Waals surface area contributed by atoms with Crippen LogP contribution in [0.2, 0.25) is 0 Å². The van der Waals surface area contributed by atoms with Crippen molar-refractivity contribution in [2.24, 2.45) is 4.99 Å². The number of pyridine rings is 1. The van der Waals surface area contributed by atoms with Crippen LogP contribution in [-0.4, -0.2) is 10.5 Å². The van der Waals surface area contributed by atoms with E-state index in [-0.39, 0.29) is 5.49 Å². The Kier molecular flexibility index (Phi) is 3.51. The highest BCUT2D eigenvalue weighted by atomic mass is 79.9. The summed E-state index contributed by atoms with van der Waals surface area (Å²) in [5.41, 5.74) is -0.0595. The first-order valence-corrected chi connectivity index (χ1v) is 4.51. The van der Waals surface area contributed by atoms with Gasteiger partial charge in [0.25, 0.3) is 0 Å². The van der Waals surface area contributed by atoms with Crippen LogP contribution in [0, 0.1) is 0 Å². The van der Waals surface area contributed by atoms with E-state index in [0.717, 1.165) is 0 Å². The maximum absolute atomic E-state index is 12.4. The third-order valence-corrected chi connectivity index (χ3v) is 1.87. The molecule has 14 heavy (non-hydrogen) atoms. The molecule has 6 heteroatoms. The predicted octanol–water partition coefficient (Wildman–Crippen LogP) is 2.09. The van der Waals surface area contributed by atoms with E-state index in [2.05, 4.69) is 20.9 Å². The van der Waals surface area contributed by atoms with E-state index in [1.54, 1.807) is 6.07 Å². The predicted molar refractivity (Wildman–Crippen MR) is 49.6 cm³/mol. The van der Waals surface area contributed by atoms with E-state index in [1.807, 2.05) is 0 Å². The van der Waals surface area contributed by atoms with E-state index in [0.29, 0.717) is 9.04 Å². The van der Waals surface area contributed by atoms with Crippen LogP contribution in [0.25, 0.3) is 0 Å². The van der Waals surface area contributed by atoms with Crippen molar-refractivity contribution in [1.82, 2.24) is 4.57 Å². The summed E-state index contributed by atoms with van der Waals surface area (Å²) in [6.07, 6.45) is 1.17. The summed E-state index contributed by atoms with van der Waals surface area (Å²) in [6.45, 7) is -1.51. The molecule has 3 nitrogen and oxygen atoms in total. The van der Waals surface area contributed by atoms with Crippen molar-refractivity contribution >= 4 is 21.8 Å². The average Bonchev–Trinajstić information content (AvgIpc) is 2.07. The van der Waals surface area contributed by atoms with Crippen LogP contribution in [0.15, 0.2) is 27.8 Å². The van der Waals surface area contributed by atoms with Crippen molar-refractivity contribution in [2.45, 2.75) is 13.5 Å². The number of carbonyl (C=O) groups excluding carboxylic acids is 1. The lowest BCUT2D eigenvalue weighted by Crippen LogP contribution is -2.21. The third kappa shape index (κ3) is 2.73. The summed E-state index contributed by atoms with van der Waals surface area (Å²) in [5.74, 6) is -0.512. The molecule has 1 aromatic heterocycles. The van der Waals surface area contributed by atoms with Gasteiger partial charge in [-0.25, -0.2) is 0 Å². The highest BCUT2D eigenvalue weighted by Gasteiger charge is 2.06. The fraction of sp³-hybridized carbons (Fsp3) is 0.250. The topological polar surface area (TPSA) is 34.4 Å². The molecule has 0 radical (unpaired) electrons. The van der Waals surface area contributed by atoms with Crippen LogP contribution in [-0.2, 0) is 4.79 Å². The van der Waals surface area contributed by atoms with E-state index >= 15 is 0 Å². The van der Waals surface area contributed by atoms with Gasteiger partial charge in [0.05, 0.1) is 0 Å². The number of hydrogen-bond acceptors (Lipinski definition) is 1. The molecule has 0 aromatic carbocycles.